The van der Waals surface area contributed by atoms with Gasteiger partial charge in [-0.25, -0.2) is 4.99 Å². The smallest absolute Gasteiger partial charge is 0.184 e. The number of fused-ring (bicyclic) bond motifs is 1. The van der Waals surface area contributed by atoms with Gasteiger partial charge in [0.2, 0.25) is 0 Å². The Bertz CT molecular complexity index is 547. The minimum absolute atomic E-state index is 0.121. The molecule has 1 aliphatic heterocycles. The molecular formula is C16H19Cl2NO. The predicted octanol–water partition coefficient (Wildman–Crippen LogP) is 4.31. The van der Waals surface area contributed by atoms with E-state index in [-0.39, 0.29) is 6.04 Å². The number of hydrogen-bond acceptors (Lipinski definition) is 2. The molecule has 0 amide bonds. The standard InChI is InChI=1S/C16H19Cl2NO/c1-10-4-6-12(7-5-10)8-9-13-19-14-11(2)16(14,20-13)15(3,17)18/h4-7,11,14H,8-9H2,1-3H3/t11-,14?,16?/m1/s1. The van der Waals surface area contributed by atoms with E-state index in [2.05, 4.69) is 43.1 Å². The maximum absolute atomic E-state index is 6.28. The number of benzene rings is 1. The van der Waals surface area contributed by atoms with Crippen LogP contribution in [0.5, 0.6) is 0 Å². The van der Waals surface area contributed by atoms with Crippen molar-refractivity contribution < 1.29 is 4.74 Å². The van der Waals surface area contributed by atoms with Crippen molar-refractivity contribution in [3.8, 4) is 0 Å². The summed E-state index contributed by atoms with van der Waals surface area (Å²) < 4.78 is 5.13. The highest BCUT2D eigenvalue weighted by Gasteiger charge is 2.76. The summed E-state index contributed by atoms with van der Waals surface area (Å²) in [6, 6.07) is 8.68. The van der Waals surface area contributed by atoms with Crippen molar-refractivity contribution in [1.29, 1.82) is 0 Å². The Balaban J connectivity index is 1.63. The summed E-state index contributed by atoms with van der Waals surface area (Å²) in [6.45, 7) is 5.98. The lowest BCUT2D eigenvalue weighted by atomic mass is 10.1. The van der Waals surface area contributed by atoms with Gasteiger partial charge in [0.1, 0.15) is 6.04 Å². The molecule has 0 radical (unpaired) electrons. The normalized spacial score (nSPS) is 31.6. The lowest BCUT2D eigenvalue weighted by Gasteiger charge is -2.26. The molecule has 0 bridgehead atoms. The van der Waals surface area contributed by atoms with Gasteiger partial charge >= 0.3 is 0 Å². The lowest BCUT2D eigenvalue weighted by molar-refractivity contribution is 0.141. The van der Waals surface area contributed by atoms with Crippen molar-refractivity contribution in [1.82, 2.24) is 0 Å². The van der Waals surface area contributed by atoms with Crippen LogP contribution in [-0.4, -0.2) is 21.9 Å². The number of alkyl halides is 2. The van der Waals surface area contributed by atoms with Gasteiger partial charge in [0, 0.05) is 12.3 Å². The maximum atomic E-state index is 6.28. The van der Waals surface area contributed by atoms with Crippen LogP contribution >= 0.6 is 23.2 Å². The fourth-order valence-corrected chi connectivity index (χ4v) is 3.76. The molecule has 1 saturated carbocycles. The molecule has 3 atom stereocenters. The van der Waals surface area contributed by atoms with Gasteiger partial charge in [-0.1, -0.05) is 60.0 Å². The van der Waals surface area contributed by atoms with Gasteiger partial charge in [-0.05, 0) is 25.8 Å². The summed E-state index contributed by atoms with van der Waals surface area (Å²) in [5.74, 6) is 1.09. The van der Waals surface area contributed by atoms with Crippen LogP contribution in [0.25, 0.3) is 0 Å². The van der Waals surface area contributed by atoms with Crippen molar-refractivity contribution in [3.63, 3.8) is 0 Å². The monoisotopic (exact) mass is 311 g/mol. The van der Waals surface area contributed by atoms with Crippen LogP contribution in [-0.2, 0) is 11.2 Å². The third kappa shape index (κ3) is 2.14. The van der Waals surface area contributed by atoms with E-state index in [0.29, 0.717) is 5.92 Å². The lowest BCUT2D eigenvalue weighted by Crippen LogP contribution is -2.36. The third-order valence-electron chi connectivity index (χ3n) is 4.48. The second-order valence-corrected chi connectivity index (χ2v) is 7.73. The molecule has 108 valence electrons. The summed E-state index contributed by atoms with van der Waals surface area (Å²) >= 11 is 12.6. The fraction of sp³-hybridized carbons (Fsp3) is 0.562. The Morgan fingerprint density at radius 1 is 1.25 bits per heavy atom. The zero-order chi connectivity index (χ0) is 14.5. The zero-order valence-corrected chi connectivity index (χ0v) is 13.5. The average molecular weight is 312 g/mol. The Hall–Kier alpha value is -0.730. The Kier molecular flexibility index (Phi) is 3.30. The molecule has 1 heterocycles. The van der Waals surface area contributed by atoms with Gasteiger partial charge in [-0.3, -0.25) is 0 Å². The summed E-state index contributed by atoms with van der Waals surface area (Å²) in [5.41, 5.74) is 2.07. The van der Waals surface area contributed by atoms with E-state index in [1.54, 1.807) is 6.92 Å². The number of rotatable bonds is 4. The highest BCUT2D eigenvalue weighted by atomic mass is 35.5. The second kappa shape index (κ2) is 4.64. The van der Waals surface area contributed by atoms with Crippen LogP contribution in [0.3, 0.4) is 0 Å². The first-order valence-electron chi connectivity index (χ1n) is 7.03. The largest absolute Gasteiger partial charge is 0.469 e. The van der Waals surface area contributed by atoms with Crippen molar-refractivity contribution in [2.24, 2.45) is 10.9 Å². The first kappa shape index (κ1) is 14.2. The van der Waals surface area contributed by atoms with E-state index in [9.17, 15) is 0 Å². The number of nitrogens with zero attached hydrogens (tertiary/aromatic N) is 1. The molecular weight excluding hydrogens is 293 g/mol. The molecule has 2 nitrogen and oxygen atoms in total. The molecule has 1 aromatic carbocycles. The summed E-state index contributed by atoms with van der Waals surface area (Å²) in [4.78, 5) is 4.64. The first-order valence-corrected chi connectivity index (χ1v) is 7.79. The third-order valence-corrected chi connectivity index (χ3v) is 5.08. The number of ether oxygens (including phenoxy) is 1. The quantitative estimate of drug-likeness (QED) is 0.759. The van der Waals surface area contributed by atoms with Gasteiger partial charge in [-0.15, -0.1) is 0 Å². The molecule has 1 aromatic rings. The molecule has 0 aromatic heterocycles. The minimum atomic E-state index is -0.897. The number of aliphatic imine (C=N–C) groups is 1. The topological polar surface area (TPSA) is 21.6 Å². The van der Waals surface area contributed by atoms with Crippen LogP contribution in [0, 0.1) is 12.8 Å². The van der Waals surface area contributed by atoms with Crippen molar-refractivity contribution in [2.45, 2.75) is 49.6 Å². The fourth-order valence-electron chi connectivity index (χ4n) is 3.12. The zero-order valence-electron chi connectivity index (χ0n) is 12.0. The molecule has 0 saturated heterocycles. The maximum Gasteiger partial charge on any atom is 0.184 e. The van der Waals surface area contributed by atoms with Crippen molar-refractivity contribution in [3.05, 3.63) is 35.4 Å². The van der Waals surface area contributed by atoms with Crippen LogP contribution < -0.4 is 0 Å². The van der Waals surface area contributed by atoms with Gasteiger partial charge < -0.3 is 4.74 Å². The molecule has 1 fully saturated rings. The first-order chi connectivity index (χ1) is 9.34. The van der Waals surface area contributed by atoms with E-state index in [4.69, 9.17) is 27.9 Å². The summed E-state index contributed by atoms with van der Waals surface area (Å²) in [6.07, 6.45) is 1.73. The SMILES string of the molecule is Cc1ccc(CCC2=NC3[C@@H](C)C3(C(C)(Cl)Cl)O2)cc1. The van der Waals surface area contributed by atoms with Crippen molar-refractivity contribution in [2.75, 3.05) is 0 Å². The van der Waals surface area contributed by atoms with Crippen LogP contribution in [0.2, 0.25) is 0 Å². The highest BCUT2D eigenvalue weighted by molar-refractivity contribution is 6.49. The van der Waals surface area contributed by atoms with E-state index < -0.39 is 9.93 Å². The minimum Gasteiger partial charge on any atom is -0.469 e. The molecule has 2 aliphatic rings. The van der Waals surface area contributed by atoms with Crippen molar-refractivity contribution >= 4 is 29.1 Å². The number of halogens is 2. The van der Waals surface area contributed by atoms with E-state index >= 15 is 0 Å². The molecule has 0 spiro atoms. The highest BCUT2D eigenvalue weighted by Crippen LogP contribution is 2.62. The molecule has 3 rings (SSSR count). The van der Waals surface area contributed by atoms with Gasteiger partial charge in [0.05, 0.1) is 0 Å². The molecule has 2 unspecified atom stereocenters. The molecule has 4 heteroatoms. The van der Waals surface area contributed by atoms with E-state index in [1.165, 1.54) is 11.1 Å². The number of hydrogen-bond donors (Lipinski definition) is 0. The molecule has 1 aliphatic carbocycles. The summed E-state index contributed by atoms with van der Waals surface area (Å²) in [7, 11) is 0. The van der Waals surface area contributed by atoms with Crippen LogP contribution in [0.15, 0.2) is 29.3 Å². The van der Waals surface area contributed by atoms with E-state index in [0.717, 1.165) is 18.7 Å². The van der Waals surface area contributed by atoms with Gasteiger partial charge in [0.25, 0.3) is 0 Å². The average Bonchev–Trinajstić information content (AvgIpc) is 2.79. The Morgan fingerprint density at radius 2 is 1.90 bits per heavy atom. The van der Waals surface area contributed by atoms with Gasteiger partial charge in [0.15, 0.2) is 15.8 Å². The van der Waals surface area contributed by atoms with E-state index in [1.807, 2.05) is 0 Å². The van der Waals surface area contributed by atoms with Crippen LogP contribution in [0.4, 0.5) is 0 Å². The summed E-state index contributed by atoms with van der Waals surface area (Å²) in [5, 5.41) is 0. The Morgan fingerprint density at radius 3 is 2.45 bits per heavy atom. The molecule has 0 N–H and O–H groups in total. The Labute approximate surface area is 130 Å². The molecule has 20 heavy (non-hydrogen) atoms. The van der Waals surface area contributed by atoms with Gasteiger partial charge in [-0.2, -0.15) is 0 Å². The predicted molar refractivity (Wildman–Crippen MR) is 83.8 cm³/mol. The van der Waals surface area contributed by atoms with Crippen LogP contribution in [0.1, 0.15) is 31.4 Å². The number of aryl methyl sites for hydroxylation is 2. The second-order valence-electron chi connectivity index (χ2n) is 6.03.